The summed E-state index contributed by atoms with van der Waals surface area (Å²) in [5.74, 6) is -0.101. The van der Waals surface area contributed by atoms with Gasteiger partial charge in [0.15, 0.2) is 5.11 Å². The molecule has 4 rings (SSSR count). The molecule has 2 aliphatic rings. The van der Waals surface area contributed by atoms with Crippen LogP contribution in [0.4, 0.5) is 26.3 Å². The van der Waals surface area contributed by atoms with Crippen LogP contribution in [-0.2, 0) is 18.9 Å². The van der Waals surface area contributed by atoms with E-state index in [9.17, 15) is 31.1 Å². The van der Waals surface area contributed by atoms with E-state index < -0.39 is 35.0 Å². The van der Waals surface area contributed by atoms with Crippen molar-refractivity contribution in [1.29, 1.82) is 0 Å². The lowest BCUT2D eigenvalue weighted by molar-refractivity contribution is -0.143. The van der Waals surface area contributed by atoms with Crippen molar-refractivity contribution in [2.75, 3.05) is 26.2 Å². The lowest BCUT2D eigenvalue weighted by Gasteiger charge is -2.41. The van der Waals surface area contributed by atoms with Gasteiger partial charge in [0.25, 0.3) is 5.91 Å². The van der Waals surface area contributed by atoms with Gasteiger partial charge >= 0.3 is 12.4 Å². The molecule has 2 fully saturated rings. The number of likely N-dealkylation sites (tertiary alicyclic amines) is 2. The highest BCUT2D eigenvalue weighted by molar-refractivity contribution is 7.80. The van der Waals surface area contributed by atoms with Crippen LogP contribution in [0, 0.1) is 11.8 Å². The van der Waals surface area contributed by atoms with Gasteiger partial charge in [0.05, 0.1) is 21.2 Å². The predicted octanol–water partition coefficient (Wildman–Crippen LogP) is 7.67. The number of nitrogens with zero attached hydrogens (tertiary/aromatic N) is 2. The Morgan fingerprint density at radius 3 is 1.77 bits per heavy atom. The summed E-state index contributed by atoms with van der Waals surface area (Å²) in [6.45, 7) is 2.61. The second-order valence-electron chi connectivity index (χ2n) is 10.2. The number of hydrogen-bond donors (Lipinski definition) is 1. The minimum atomic E-state index is -5.00. The Kier molecular flexibility index (Phi) is 9.46. The zero-order valence-corrected chi connectivity index (χ0v) is 23.5. The van der Waals surface area contributed by atoms with Crippen molar-refractivity contribution in [3.63, 3.8) is 0 Å². The molecule has 0 unspecified atom stereocenters. The van der Waals surface area contributed by atoms with Crippen molar-refractivity contribution in [2.24, 2.45) is 11.8 Å². The number of nitrogens with one attached hydrogen (secondary N) is 1. The summed E-state index contributed by atoms with van der Waals surface area (Å²) in [5, 5.41) is 4.84. The van der Waals surface area contributed by atoms with Crippen LogP contribution in [0.25, 0.3) is 0 Å². The van der Waals surface area contributed by atoms with Crippen LogP contribution < -0.4 is 5.32 Å². The number of carbonyl (C=O) groups is 1. The van der Waals surface area contributed by atoms with Crippen LogP contribution in [0.5, 0.6) is 0 Å². The second-order valence-corrected chi connectivity index (χ2v) is 11.4. The van der Waals surface area contributed by atoms with Crippen molar-refractivity contribution in [1.82, 2.24) is 15.1 Å². The molecule has 0 aliphatic carbocycles. The first kappa shape index (κ1) is 30.7. The summed E-state index contributed by atoms with van der Waals surface area (Å²) >= 11 is 17.6. The molecule has 1 amide bonds. The molecule has 1 N–H and O–H groups in total. The Bertz CT molecular complexity index is 1210. The van der Waals surface area contributed by atoms with Gasteiger partial charge in [-0.1, -0.05) is 29.3 Å². The van der Waals surface area contributed by atoms with Crippen LogP contribution in [-0.4, -0.2) is 47.0 Å². The van der Waals surface area contributed by atoms with E-state index in [2.05, 4.69) is 10.2 Å². The molecule has 2 aromatic rings. The highest BCUT2D eigenvalue weighted by Gasteiger charge is 2.38. The van der Waals surface area contributed by atoms with Gasteiger partial charge < -0.3 is 15.1 Å². The summed E-state index contributed by atoms with van der Waals surface area (Å²) in [6, 6.07) is 6.41. The molecule has 0 bridgehead atoms. The first-order chi connectivity index (χ1) is 18.7. The van der Waals surface area contributed by atoms with Crippen LogP contribution in [0.3, 0.4) is 0 Å². The standard InChI is InChI=1S/C27H27Cl2F6N3OS/c28-22-2-1-16(11-23(22)29)15-36-25(40)38-9-5-18(6-10-38)17-3-7-37(8-4-17)24(39)19-12-20(26(30,31)32)14-21(13-19)27(33,34)35/h1-2,11-14,17-18H,3-10,15H2,(H,36,40). The SMILES string of the molecule is O=C(c1cc(C(F)(F)F)cc(C(F)(F)F)c1)N1CCC(C2CCN(C(=S)NCc3ccc(Cl)c(Cl)c3)CC2)CC1. The monoisotopic (exact) mass is 625 g/mol. The van der Waals surface area contributed by atoms with Crippen molar-refractivity contribution < 1.29 is 31.1 Å². The number of alkyl halides is 6. The number of piperidine rings is 2. The third kappa shape index (κ3) is 7.53. The lowest BCUT2D eigenvalue weighted by atomic mass is 9.79. The average molecular weight is 626 g/mol. The molecule has 0 saturated carbocycles. The first-order valence-electron chi connectivity index (χ1n) is 12.8. The van der Waals surface area contributed by atoms with E-state index in [4.69, 9.17) is 35.4 Å². The minimum Gasteiger partial charge on any atom is -0.358 e. The van der Waals surface area contributed by atoms with Gasteiger partial charge in [0, 0.05) is 38.3 Å². The van der Waals surface area contributed by atoms with Crippen LogP contribution in [0.2, 0.25) is 10.0 Å². The largest absolute Gasteiger partial charge is 0.416 e. The molecular formula is C27H27Cl2F6N3OS. The molecule has 2 heterocycles. The van der Waals surface area contributed by atoms with E-state index in [1.165, 1.54) is 4.90 Å². The van der Waals surface area contributed by atoms with Crippen molar-refractivity contribution in [2.45, 2.75) is 44.6 Å². The predicted molar refractivity (Wildman–Crippen MR) is 145 cm³/mol. The summed E-state index contributed by atoms with van der Waals surface area (Å²) < 4.78 is 79.2. The fourth-order valence-corrected chi connectivity index (χ4v) is 5.92. The molecule has 0 radical (unpaired) electrons. The van der Waals surface area contributed by atoms with E-state index in [0.717, 1.165) is 31.5 Å². The van der Waals surface area contributed by atoms with Gasteiger partial charge in [-0.3, -0.25) is 4.79 Å². The Balaban J connectivity index is 1.28. The molecule has 0 atom stereocenters. The highest BCUT2D eigenvalue weighted by Crippen LogP contribution is 2.37. The third-order valence-electron chi connectivity index (χ3n) is 7.58. The normalized spacial score (nSPS) is 17.7. The molecular weight excluding hydrogens is 599 g/mol. The van der Waals surface area contributed by atoms with Crippen LogP contribution >= 0.6 is 35.4 Å². The maximum Gasteiger partial charge on any atom is 0.416 e. The van der Waals surface area contributed by atoms with E-state index in [-0.39, 0.29) is 19.2 Å². The number of carbonyl (C=O) groups excluding carboxylic acids is 1. The Hall–Kier alpha value is -2.24. The maximum absolute atomic E-state index is 13.2. The van der Waals surface area contributed by atoms with Gasteiger partial charge in [-0.05, 0) is 85.6 Å². The quantitative estimate of drug-likeness (QED) is 0.279. The summed E-state index contributed by atoms with van der Waals surface area (Å²) in [7, 11) is 0. The summed E-state index contributed by atoms with van der Waals surface area (Å²) in [5.41, 5.74) is -2.63. The smallest absolute Gasteiger partial charge is 0.358 e. The molecule has 2 aliphatic heterocycles. The number of amides is 1. The Labute approximate surface area is 243 Å². The zero-order valence-electron chi connectivity index (χ0n) is 21.2. The fourth-order valence-electron chi connectivity index (χ4n) is 5.35. The third-order valence-corrected chi connectivity index (χ3v) is 8.72. The first-order valence-corrected chi connectivity index (χ1v) is 13.9. The van der Waals surface area contributed by atoms with E-state index in [1.54, 1.807) is 12.1 Å². The topological polar surface area (TPSA) is 35.6 Å². The molecule has 40 heavy (non-hydrogen) atoms. The van der Waals surface area contributed by atoms with E-state index >= 15 is 0 Å². The minimum absolute atomic E-state index is 0.0316. The van der Waals surface area contributed by atoms with Gasteiger partial charge in [-0.2, -0.15) is 26.3 Å². The van der Waals surface area contributed by atoms with E-state index in [1.807, 2.05) is 6.07 Å². The van der Waals surface area contributed by atoms with Crippen LogP contribution in [0.1, 0.15) is 52.7 Å². The van der Waals surface area contributed by atoms with Crippen molar-refractivity contribution >= 4 is 46.4 Å². The Morgan fingerprint density at radius 2 is 1.30 bits per heavy atom. The van der Waals surface area contributed by atoms with Gasteiger partial charge in [-0.25, -0.2) is 0 Å². The number of thiocarbonyl (C=S) groups is 1. The van der Waals surface area contributed by atoms with E-state index in [0.29, 0.717) is 58.5 Å². The molecule has 2 saturated heterocycles. The van der Waals surface area contributed by atoms with Gasteiger partial charge in [-0.15, -0.1) is 0 Å². The molecule has 13 heteroatoms. The Morgan fingerprint density at radius 1 is 0.800 bits per heavy atom. The number of rotatable bonds is 4. The van der Waals surface area contributed by atoms with Crippen molar-refractivity contribution in [3.05, 3.63) is 68.7 Å². The van der Waals surface area contributed by atoms with Crippen molar-refractivity contribution in [3.8, 4) is 0 Å². The molecule has 218 valence electrons. The summed E-state index contributed by atoms with van der Waals surface area (Å²) in [6.07, 6.45) is -6.92. The number of halogens is 8. The molecule has 0 aromatic heterocycles. The second kappa shape index (κ2) is 12.3. The van der Waals surface area contributed by atoms with Gasteiger partial charge in [0.1, 0.15) is 0 Å². The molecule has 4 nitrogen and oxygen atoms in total. The molecule has 0 spiro atoms. The fraction of sp³-hybridized carbons (Fsp3) is 0.481. The van der Waals surface area contributed by atoms with Crippen LogP contribution in [0.15, 0.2) is 36.4 Å². The zero-order chi connectivity index (χ0) is 29.2. The number of hydrogen-bond acceptors (Lipinski definition) is 2. The lowest BCUT2D eigenvalue weighted by Crippen LogP contribution is -2.46. The highest BCUT2D eigenvalue weighted by atomic mass is 35.5. The maximum atomic E-state index is 13.2. The summed E-state index contributed by atoms with van der Waals surface area (Å²) in [4.78, 5) is 16.4. The number of benzene rings is 2. The average Bonchev–Trinajstić information content (AvgIpc) is 2.92. The molecule has 2 aromatic carbocycles. The van der Waals surface area contributed by atoms with Gasteiger partial charge in [0.2, 0.25) is 0 Å².